The molecule has 3 aromatic rings. The second kappa shape index (κ2) is 6.23. The quantitative estimate of drug-likeness (QED) is 0.779. The van der Waals surface area contributed by atoms with E-state index < -0.39 is 23.6 Å². The van der Waals surface area contributed by atoms with Gasteiger partial charge in [-0.1, -0.05) is 12.1 Å². The molecular weight excluding hydrogens is 343 g/mol. The molecule has 1 atom stereocenters. The number of imidazole rings is 1. The van der Waals surface area contributed by atoms with Crippen LogP contribution in [0.15, 0.2) is 46.7 Å². The van der Waals surface area contributed by atoms with Crippen LogP contribution < -0.4 is 4.74 Å². The van der Waals surface area contributed by atoms with Crippen LogP contribution in [0.4, 0.5) is 13.2 Å². The first-order valence-electron chi connectivity index (χ1n) is 6.87. The number of hydrogen-bond acceptors (Lipinski definition) is 4. The van der Waals surface area contributed by atoms with Crippen LogP contribution in [0.3, 0.4) is 0 Å². The summed E-state index contributed by atoms with van der Waals surface area (Å²) in [6.45, 7) is 0.0865. The smallest absolute Gasteiger partial charge is 0.422 e. The second-order valence-electron chi connectivity index (χ2n) is 4.97. The summed E-state index contributed by atoms with van der Waals surface area (Å²) >= 11 is 0. The Bertz CT molecular complexity index is 875. The highest BCUT2D eigenvalue weighted by atomic mass is 32.2. The van der Waals surface area contributed by atoms with Crippen molar-refractivity contribution < 1.29 is 22.1 Å². The Labute approximate surface area is 137 Å². The second-order valence-corrected chi connectivity index (χ2v) is 6.28. The summed E-state index contributed by atoms with van der Waals surface area (Å²) in [5.41, 5.74) is 1.63. The first kappa shape index (κ1) is 16.4. The standard InChI is InChI=1S/C15H12F3N3O2S/c1-9-12(23-8-15(16,17)18)6-7-19-13(9)24(22)14-20-10-4-2-3-5-11(10)21-14/h2-7H,8H2,1H3,(H,20,21). The van der Waals surface area contributed by atoms with E-state index in [4.69, 9.17) is 4.74 Å². The molecule has 0 aliphatic heterocycles. The number of halogens is 3. The number of benzene rings is 1. The van der Waals surface area contributed by atoms with Crippen molar-refractivity contribution in [3.05, 3.63) is 42.1 Å². The van der Waals surface area contributed by atoms with Gasteiger partial charge in [-0.05, 0) is 25.1 Å². The Morgan fingerprint density at radius 2 is 2.00 bits per heavy atom. The van der Waals surface area contributed by atoms with Crippen molar-refractivity contribution in [1.82, 2.24) is 15.0 Å². The fraction of sp³-hybridized carbons (Fsp3) is 0.200. The average Bonchev–Trinajstić information content (AvgIpc) is 2.96. The van der Waals surface area contributed by atoms with Crippen LogP contribution in [0.2, 0.25) is 0 Å². The van der Waals surface area contributed by atoms with Crippen LogP contribution in [0.5, 0.6) is 5.75 Å². The molecule has 0 saturated heterocycles. The monoisotopic (exact) mass is 355 g/mol. The lowest BCUT2D eigenvalue weighted by molar-refractivity contribution is -0.153. The zero-order valence-corrected chi connectivity index (χ0v) is 13.2. The number of aromatic nitrogens is 3. The van der Waals surface area contributed by atoms with Gasteiger partial charge in [-0.15, -0.1) is 0 Å². The van der Waals surface area contributed by atoms with Crippen molar-refractivity contribution in [1.29, 1.82) is 0 Å². The first-order chi connectivity index (χ1) is 11.3. The minimum atomic E-state index is -4.45. The molecule has 126 valence electrons. The molecule has 0 amide bonds. The molecule has 1 unspecified atom stereocenters. The Kier molecular flexibility index (Phi) is 4.27. The third kappa shape index (κ3) is 3.40. The van der Waals surface area contributed by atoms with Gasteiger partial charge in [0.2, 0.25) is 5.16 Å². The summed E-state index contributed by atoms with van der Waals surface area (Å²) in [5, 5.41) is 0.286. The molecular formula is C15H12F3N3O2S. The number of hydrogen-bond donors (Lipinski definition) is 1. The molecule has 1 aromatic carbocycles. The molecule has 0 radical (unpaired) electrons. The van der Waals surface area contributed by atoms with Crippen molar-refractivity contribution in [3.8, 4) is 5.75 Å². The van der Waals surface area contributed by atoms with Crippen molar-refractivity contribution in [2.45, 2.75) is 23.3 Å². The minimum Gasteiger partial charge on any atom is -0.484 e. The summed E-state index contributed by atoms with van der Waals surface area (Å²) in [5.74, 6) is -0.0122. The molecule has 0 saturated carbocycles. The van der Waals surface area contributed by atoms with Gasteiger partial charge in [0.15, 0.2) is 6.61 Å². The van der Waals surface area contributed by atoms with Gasteiger partial charge in [-0.25, -0.2) is 14.2 Å². The van der Waals surface area contributed by atoms with Crippen LogP contribution in [0.1, 0.15) is 5.56 Å². The van der Waals surface area contributed by atoms with Gasteiger partial charge in [0.25, 0.3) is 0 Å². The SMILES string of the molecule is Cc1c(OCC(F)(F)F)ccnc1S(=O)c1nc2ccccc2[nH]1. The van der Waals surface area contributed by atoms with Crippen molar-refractivity contribution >= 4 is 21.8 Å². The van der Waals surface area contributed by atoms with E-state index in [2.05, 4.69) is 15.0 Å². The van der Waals surface area contributed by atoms with Gasteiger partial charge in [-0.2, -0.15) is 13.2 Å². The van der Waals surface area contributed by atoms with Gasteiger partial charge in [0, 0.05) is 11.8 Å². The van der Waals surface area contributed by atoms with E-state index in [0.717, 1.165) is 0 Å². The molecule has 0 spiro atoms. The predicted octanol–water partition coefficient (Wildman–Crippen LogP) is 3.37. The number of para-hydroxylation sites is 2. The molecule has 1 N–H and O–H groups in total. The number of ether oxygens (including phenoxy) is 1. The van der Waals surface area contributed by atoms with Crippen molar-refractivity contribution in [2.24, 2.45) is 0 Å². The summed E-state index contributed by atoms with van der Waals surface area (Å²) in [7, 11) is -1.77. The molecule has 24 heavy (non-hydrogen) atoms. The van der Waals surface area contributed by atoms with Gasteiger partial charge in [0.05, 0.1) is 11.0 Å². The van der Waals surface area contributed by atoms with E-state index in [1.807, 2.05) is 6.07 Å². The van der Waals surface area contributed by atoms with E-state index in [1.54, 1.807) is 18.2 Å². The van der Waals surface area contributed by atoms with Crippen LogP contribution in [0.25, 0.3) is 11.0 Å². The number of aromatic amines is 1. The maximum atomic E-state index is 12.7. The van der Waals surface area contributed by atoms with E-state index >= 15 is 0 Å². The van der Waals surface area contributed by atoms with Crippen molar-refractivity contribution in [2.75, 3.05) is 6.61 Å². The summed E-state index contributed by atoms with van der Waals surface area (Å²) < 4.78 is 54.3. The van der Waals surface area contributed by atoms with Crippen LogP contribution >= 0.6 is 0 Å². The molecule has 0 bridgehead atoms. The van der Waals surface area contributed by atoms with Crippen LogP contribution in [-0.2, 0) is 10.8 Å². The number of H-pyrrole nitrogens is 1. The van der Waals surface area contributed by atoms with E-state index in [-0.39, 0.29) is 21.5 Å². The first-order valence-corrected chi connectivity index (χ1v) is 8.02. The van der Waals surface area contributed by atoms with Gasteiger partial charge in [0.1, 0.15) is 21.6 Å². The lowest BCUT2D eigenvalue weighted by Crippen LogP contribution is -2.19. The third-order valence-corrected chi connectivity index (χ3v) is 4.53. The number of nitrogens with zero attached hydrogens (tertiary/aromatic N) is 2. The molecule has 9 heteroatoms. The number of rotatable bonds is 4. The maximum absolute atomic E-state index is 12.7. The van der Waals surface area contributed by atoms with E-state index in [9.17, 15) is 17.4 Å². The normalized spacial score (nSPS) is 13.2. The van der Waals surface area contributed by atoms with Crippen LogP contribution in [0, 0.1) is 6.92 Å². The van der Waals surface area contributed by atoms with Crippen molar-refractivity contribution in [3.63, 3.8) is 0 Å². The zero-order chi connectivity index (χ0) is 17.3. The predicted molar refractivity (Wildman–Crippen MR) is 81.3 cm³/mol. The molecule has 0 aliphatic carbocycles. The topological polar surface area (TPSA) is 67.9 Å². The van der Waals surface area contributed by atoms with E-state index in [1.165, 1.54) is 19.2 Å². The average molecular weight is 355 g/mol. The molecule has 5 nitrogen and oxygen atoms in total. The Morgan fingerprint density at radius 3 is 2.71 bits per heavy atom. The minimum absolute atomic E-state index is 0.0122. The Morgan fingerprint density at radius 1 is 1.25 bits per heavy atom. The fourth-order valence-electron chi connectivity index (χ4n) is 2.11. The summed E-state index contributed by atoms with van der Waals surface area (Å²) in [6, 6.07) is 8.45. The number of fused-ring (bicyclic) bond motifs is 1. The summed E-state index contributed by atoms with van der Waals surface area (Å²) in [6.07, 6.45) is -3.19. The Hall–Kier alpha value is -2.42. The lowest BCUT2D eigenvalue weighted by Gasteiger charge is -2.12. The highest BCUT2D eigenvalue weighted by Crippen LogP contribution is 2.26. The Balaban J connectivity index is 1.92. The van der Waals surface area contributed by atoms with E-state index in [0.29, 0.717) is 11.0 Å². The van der Waals surface area contributed by atoms with Gasteiger partial charge < -0.3 is 9.72 Å². The molecule has 0 aliphatic rings. The highest BCUT2D eigenvalue weighted by Gasteiger charge is 2.29. The molecule has 3 rings (SSSR count). The molecule has 2 aromatic heterocycles. The molecule has 2 heterocycles. The zero-order valence-electron chi connectivity index (χ0n) is 12.4. The summed E-state index contributed by atoms with van der Waals surface area (Å²) in [4.78, 5) is 11.2. The lowest BCUT2D eigenvalue weighted by atomic mass is 10.3. The number of pyridine rings is 1. The maximum Gasteiger partial charge on any atom is 0.422 e. The number of nitrogens with one attached hydrogen (secondary N) is 1. The van der Waals surface area contributed by atoms with Gasteiger partial charge in [-0.3, -0.25) is 0 Å². The molecule has 0 fully saturated rings. The van der Waals surface area contributed by atoms with Gasteiger partial charge >= 0.3 is 6.18 Å². The fourth-order valence-corrected chi connectivity index (χ4v) is 3.21. The highest BCUT2D eigenvalue weighted by molar-refractivity contribution is 7.84. The number of alkyl halides is 3. The third-order valence-electron chi connectivity index (χ3n) is 3.22. The largest absolute Gasteiger partial charge is 0.484 e. The van der Waals surface area contributed by atoms with Crippen LogP contribution in [-0.4, -0.2) is 31.9 Å².